The van der Waals surface area contributed by atoms with E-state index in [1.54, 1.807) is 56.5 Å². The fourth-order valence-corrected chi connectivity index (χ4v) is 2.79. The molecule has 2 aromatic carbocycles. The van der Waals surface area contributed by atoms with Crippen LogP contribution in [0.4, 0.5) is 10.5 Å². The zero-order valence-electron chi connectivity index (χ0n) is 17.4. The monoisotopic (exact) mass is 439 g/mol. The van der Waals surface area contributed by atoms with Crippen LogP contribution in [0.2, 0.25) is 0 Å². The first-order valence-electron chi connectivity index (χ1n) is 9.61. The number of hydrogen-bond donors (Lipinski definition) is 3. The number of nitrogens with one attached hydrogen (secondary N) is 3. The van der Waals surface area contributed by atoms with Crippen LogP contribution in [0.3, 0.4) is 0 Å². The Bertz CT molecular complexity index is 1060. The third-order valence-corrected chi connectivity index (χ3v) is 4.25. The maximum Gasteiger partial charge on any atom is 0.328 e. The zero-order chi connectivity index (χ0) is 23.1. The van der Waals surface area contributed by atoms with Crippen LogP contribution >= 0.6 is 0 Å². The average molecular weight is 439 g/mol. The van der Waals surface area contributed by atoms with Crippen LogP contribution in [-0.4, -0.2) is 44.1 Å². The Hall–Kier alpha value is -4.34. The molecule has 0 atom stereocenters. The van der Waals surface area contributed by atoms with Crippen molar-refractivity contribution in [3.05, 3.63) is 53.6 Å². The Morgan fingerprint density at radius 3 is 2.28 bits per heavy atom. The summed E-state index contributed by atoms with van der Waals surface area (Å²) in [5, 5.41) is 6.72. The molecule has 0 aromatic heterocycles. The predicted molar refractivity (Wildman–Crippen MR) is 114 cm³/mol. The highest BCUT2D eigenvalue weighted by Crippen LogP contribution is 2.29. The molecule has 5 amide bonds. The van der Waals surface area contributed by atoms with Gasteiger partial charge in [0.2, 0.25) is 0 Å². The molecule has 0 saturated carbocycles. The highest BCUT2D eigenvalue weighted by Gasteiger charge is 2.27. The van der Waals surface area contributed by atoms with Crippen molar-refractivity contribution in [2.75, 3.05) is 25.6 Å². The second-order valence-corrected chi connectivity index (χ2v) is 6.50. The van der Waals surface area contributed by atoms with Crippen LogP contribution in [0.1, 0.15) is 12.5 Å². The first-order chi connectivity index (χ1) is 15.4. The van der Waals surface area contributed by atoms with Gasteiger partial charge >= 0.3 is 6.03 Å². The summed E-state index contributed by atoms with van der Waals surface area (Å²) >= 11 is 0. The number of hydrogen-bond acceptors (Lipinski definition) is 7. The molecule has 3 rings (SSSR count). The van der Waals surface area contributed by atoms with Gasteiger partial charge in [-0.3, -0.25) is 25.0 Å². The van der Waals surface area contributed by atoms with Crippen molar-refractivity contribution in [2.24, 2.45) is 0 Å². The van der Waals surface area contributed by atoms with E-state index in [0.29, 0.717) is 35.1 Å². The third-order valence-electron chi connectivity index (χ3n) is 4.25. The van der Waals surface area contributed by atoms with Crippen molar-refractivity contribution in [1.82, 2.24) is 10.6 Å². The summed E-state index contributed by atoms with van der Waals surface area (Å²) < 4.78 is 16.2. The number of rotatable bonds is 8. The highest BCUT2D eigenvalue weighted by atomic mass is 16.5. The number of imide groups is 2. The van der Waals surface area contributed by atoms with E-state index in [1.807, 2.05) is 10.6 Å². The molecule has 0 radical (unpaired) electrons. The number of carbonyl (C=O) groups is 4. The molecule has 0 spiro atoms. The topological polar surface area (TPSA) is 132 Å². The van der Waals surface area contributed by atoms with E-state index < -0.39 is 17.8 Å². The molecular weight excluding hydrogens is 418 g/mol. The summed E-state index contributed by atoms with van der Waals surface area (Å²) in [5.74, 6) is -0.660. The molecule has 0 aliphatic carbocycles. The molecule has 2 aromatic rings. The van der Waals surface area contributed by atoms with E-state index in [9.17, 15) is 19.2 Å². The van der Waals surface area contributed by atoms with Crippen molar-refractivity contribution in [3.8, 4) is 17.2 Å². The van der Waals surface area contributed by atoms with Gasteiger partial charge in [0.05, 0.1) is 13.7 Å². The van der Waals surface area contributed by atoms with Crippen molar-refractivity contribution in [1.29, 1.82) is 0 Å². The number of anilines is 1. The Kier molecular flexibility index (Phi) is 7.06. The van der Waals surface area contributed by atoms with Gasteiger partial charge in [0.1, 0.15) is 11.3 Å². The maximum absolute atomic E-state index is 12.2. The lowest BCUT2D eigenvalue weighted by atomic mass is 10.1. The van der Waals surface area contributed by atoms with E-state index in [1.165, 1.54) is 6.08 Å². The molecule has 1 heterocycles. The summed E-state index contributed by atoms with van der Waals surface area (Å²) in [6.07, 6.45) is 1.32. The zero-order valence-corrected chi connectivity index (χ0v) is 17.4. The largest absolute Gasteiger partial charge is 0.497 e. The Balaban J connectivity index is 1.69. The Morgan fingerprint density at radius 2 is 1.66 bits per heavy atom. The highest BCUT2D eigenvalue weighted by molar-refractivity contribution is 6.31. The number of ether oxygens (including phenoxy) is 3. The lowest BCUT2D eigenvalue weighted by Gasteiger charge is -2.15. The number of carbonyl (C=O) groups excluding carboxylic acids is 4. The molecule has 10 nitrogen and oxygen atoms in total. The predicted octanol–water partition coefficient (Wildman–Crippen LogP) is 1.86. The Labute approximate surface area is 183 Å². The van der Waals surface area contributed by atoms with Gasteiger partial charge in [-0.2, -0.15) is 0 Å². The van der Waals surface area contributed by atoms with Crippen LogP contribution in [0, 0.1) is 0 Å². The SMILES string of the molecule is CCOc1cc(C=C2C(=O)NC(=O)NC2=O)ccc1OCC(=O)Nc1ccc(OC)cc1. The van der Waals surface area contributed by atoms with Crippen LogP contribution in [-0.2, 0) is 14.4 Å². The number of urea groups is 1. The van der Waals surface area contributed by atoms with Crippen LogP contribution < -0.4 is 30.2 Å². The lowest BCUT2D eigenvalue weighted by Crippen LogP contribution is -2.51. The maximum atomic E-state index is 12.2. The summed E-state index contributed by atoms with van der Waals surface area (Å²) in [6, 6.07) is 10.7. The number of amides is 5. The fraction of sp³-hybridized carbons (Fsp3) is 0.182. The van der Waals surface area contributed by atoms with Gasteiger partial charge in [-0.05, 0) is 55.0 Å². The molecule has 1 aliphatic heterocycles. The molecule has 0 bridgehead atoms. The number of barbiturate groups is 1. The molecule has 3 N–H and O–H groups in total. The van der Waals surface area contributed by atoms with Crippen molar-refractivity contribution >= 4 is 35.5 Å². The van der Waals surface area contributed by atoms with Gasteiger partial charge in [-0.1, -0.05) is 6.07 Å². The first kappa shape index (κ1) is 22.3. The molecule has 166 valence electrons. The minimum Gasteiger partial charge on any atom is -0.497 e. The van der Waals surface area contributed by atoms with E-state index in [0.717, 1.165) is 0 Å². The molecule has 10 heteroatoms. The quantitative estimate of drug-likeness (QED) is 0.422. The summed E-state index contributed by atoms with van der Waals surface area (Å²) in [5.41, 5.74) is 0.839. The van der Waals surface area contributed by atoms with Gasteiger partial charge in [0.15, 0.2) is 18.1 Å². The molecular formula is C22H21N3O7. The minimum atomic E-state index is -0.871. The van der Waals surface area contributed by atoms with Gasteiger partial charge in [0.25, 0.3) is 17.7 Å². The summed E-state index contributed by atoms with van der Waals surface area (Å²) in [7, 11) is 1.55. The summed E-state index contributed by atoms with van der Waals surface area (Å²) in [6.45, 7) is 1.84. The lowest BCUT2D eigenvalue weighted by molar-refractivity contribution is -0.124. The normalized spacial score (nSPS) is 13.1. The second kappa shape index (κ2) is 10.1. The van der Waals surface area contributed by atoms with E-state index in [2.05, 4.69) is 5.32 Å². The number of benzene rings is 2. The first-order valence-corrected chi connectivity index (χ1v) is 9.61. The number of methoxy groups -OCH3 is 1. The van der Waals surface area contributed by atoms with Crippen LogP contribution in [0.25, 0.3) is 6.08 Å². The summed E-state index contributed by atoms with van der Waals surface area (Å²) in [4.78, 5) is 47.2. The molecule has 1 fully saturated rings. The Morgan fingerprint density at radius 1 is 0.969 bits per heavy atom. The smallest absolute Gasteiger partial charge is 0.328 e. The fourth-order valence-electron chi connectivity index (χ4n) is 2.79. The van der Waals surface area contributed by atoms with Crippen LogP contribution in [0.15, 0.2) is 48.0 Å². The average Bonchev–Trinajstić information content (AvgIpc) is 2.76. The van der Waals surface area contributed by atoms with Gasteiger partial charge in [-0.15, -0.1) is 0 Å². The van der Waals surface area contributed by atoms with Gasteiger partial charge < -0.3 is 19.5 Å². The molecule has 32 heavy (non-hydrogen) atoms. The minimum absolute atomic E-state index is 0.223. The molecule has 1 aliphatic rings. The van der Waals surface area contributed by atoms with Gasteiger partial charge in [-0.25, -0.2) is 4.79 Å². The standard InChI is InChI=1S/C22H21N3O7/c1-3-31-18-11-13(10-16-20(27)24-22(29)25-21(16)28)4-9-17(18)32-12-19(26)23-14-5-7-15(30-2)8-6-14/h4-11H,3,12H2,1-2H3,(H,23,26)(H2,24,25,27,28,29). The van der Waals surface area contributed by atoms with E-state index >= 15 is 0 Å². The third kappa shape index (κ3) is 5.63. The second-order valence-electron chi connectivity index (χ2n) is 6.50. The van der Waals surface area contributed by atoms with Crippen molar-refractivity contribution in [3.63, 3.8) is 0 Å². The molecule has 0 unspecified atom stereocenters. The van der Waals surface area contributed by atoms with E-state index in [4.69, 9.17) is 14.2 Å². The van der Waals surface area contributed by atoms with Crippen molar-refractivity contribution in [2.45, 2.75) is 6.92 Å². The van der Waals surface area contributed by atoms with Gasteiger partial charge in [0, 0.05) is 5.69 Å². The molecule has 1 saturated heterocycles. The van der Waals surface area contributed by atoms with Crippen molar-refractivity contribution < 1.29 is 33.4 Å². The van der Waals surface area contributed by atoms with Crippen LogP contribution in [0.5, 0.6) is 17.2 Å². The van der Waals surface area contributed by atoms with E-state index in [-0.39, 0.29) is 18.1 Å².